The summed E-state index contributed by atoms with van der Waals surface area (Å²) < 4.78 is 0. The lowest BCUT2D eigenvalue weighted by Crippen LogP contribution is -2.40. The summed E-state index contributed by atoms with van der Waals surface area (Å²) >= 11 is 0. The van der Waals surface area contributed by atoms with Gasteiger partial charge in [-0.15, -0.1) is 0 Å². The first-order chi connectivity index (χ1) is 9.02. The van der Waals surface area contributed by atoms with Crippen LogP contribution in [0.3, 0.4) is 0 Å². The Morgan fingerprint density at radius 2 is 0.850 bits per heavy atom. The highest BCUT2D eigenvalue weighted by atomic mass is 16.4. The first-order valence-corrected chi connectivity index (χ1v) is 7.74. The highest BCUT2D eigenvalue weighted by Crippen LogP contribution is 2.43. The van der Waals surface area contributed by atoms with Crippen LogP contribution in [0.2, 0.25) is 11.6 Å². The molecule has 0 heterocycles. The van der Waals surface area contributed by atoms with Gasteiger partial charge in [-0.1, -0.05) is 48.5 Å². The van der Waals surface area contributed by atoms with E-state index in [0.717, 1.165) is 0 Å². The van der Waals surface area contributed by atoms with Crippen molar-refractivity contribution < 1.29 is 20.1 Å². The molecule has 5 unspecified atom stereocenters. The fourth-order valence-electron chi connectivity index (χ4n) is 3.39. The van der Waals surface area contributed by atoms with Crippen molar-refractivity contribution >= 4 is 14.2 Å². The van der Waals surface area contributed by atoms with Gasteiger partial charge in [0.2, 0.25) is 0 Å². The molecular weight excluding hydrogens is 254 g/mol. The predicted molar refractivity (Wildman–Crippen MR) is 85.1 cm³/mol. The molecule has 0 fully saturated rings. The molecule has 118 valence electrons. The van der Waals surface area contributed by atoms with Crippen LogP contribution in [0.15, 0.2) is 0 Å². The van der Waals surface area contributed by atoms with Crippen LogP contribution >= 0.6 is 0 Å². The smallest absolute Gasteiger partial charge is 0.427 e. The van der Waals surface area contributed by atoms with E-state index in [4.69, 9.17) is 0 Å². The average Bonchev–Trinajstić information content (AvgIpc) is 2.26. The van der Waals surface area contributed by atoms with Crippen LogP contribution < -0.4 is 0 Å². The lowest BCUT2D eigenvalue weighted by Gasteiger charge is -2.39. The standard InChI is InChI=1S/C14H32B2O4/c1-8(2)10(5)14(16(19)20)12(7)11(6)13(9(3)4)15(17)18/h8-14,17-20H,1-7H3. The van der Waals surface area contributed by atoms with E-state index in [1.807, 2.05) is 34.6 Å². The fraction of sp³-hybridized carbons (Fsp3) is 1.00. The Morgan fingerprint density at radius 1 is 0.500 bits per heavy atom. The molecule has 0 aliphatic carbocycles. The van der Waals surface area contributed by atoms with Crippen molar-refractivity contribution in [2.24, 2.45) is 29.6 Å². The third kappa shape index (κ3) is 5.06. The molecule has 0 saturated heterocycles. The van der Waals surface area contributed by atoms with E-state index in [2.05, 4.69) is 13.8 Å². The van der Waals surface area contributed by atoms with Gasteiger partial charge in [0.25, 0.3) is 0 Å². The Balaban J connectivity index is 5.19. The van der Waals surface area contributed by atoms with Crippen LogP contribution in [0.25, 0.3) is 0 Å². The Labute approximate surface area is 124 Å². The zero-order chi connectivity index (χ0) is 16.2. The maximum absolute atomic E-state index is 9.74. The van der Waals surface area contributed by atoms with Crippen LogP contribution in [-0.2, 0) is 0 Å². The zero-order valence-corrected chi connectivity index (χ0v) is 14.0. The topological polar surface area (TPSA) is 80.9 Å². The molecule has 0 aromatic carbocycles. The van der Waals surface area contributed by atoms with Crippen molar-refractivity contribution in [2.45, 2.75) is 60.1 Å². The summed E-state index contributed by atoms with van der Waals surface area (Å²) in [6, 6.07) is 0. The van der Waals surface area contributed by atoms with Gasteiger partial charge in [0.15, 0.2) is 0 Å². The minimum Gasteiger partial charge on any atom is -0.427 e. The van der Waals surface area contributed by atoms with Crippen LogP contribution in [-0.4, -0.2) is 34.3 Å². The second-order valence-corrected chi connectivity index (χ2v) is 7.05. The molecule has 5 atom stereocenters. The quantitative estimate of drug-likeness (QED) is 0.514. The summed E-state index contributed by atoms with van der Waals surface area (Å²) in [4.78, 5) is 0. The minimum atomic E-state index is -1.38. The molecular formula is C14H32B2O4. The predicted octanol–water partition coefficient (Wildman–Crippen LogP) is 1.89. The second kappa shape index (κ2) is 8.42. The molecule has 0 amide bonds. The molecule has 20 heavy (non-hydrogen) atoms. The highest BCUT2D eigenvalue weighted by molar-refractivity contribution is 6.44. The molecule has 0 aliphatic heterocycles. The van der Waals surface area contributed by atoms with Gasteiger partial charge in [-0.2, -0.15) is 0 Å². The molecule has 4 N–H and O–H groups in total. The van der Waals surface area contributed by atoms with E-state index >= 15 is 0 Å². The van der Waals surface area contributed by atoms with Crippen molar-refractivity contribution in [1.29, 1.82) is 0 Å². The molecule has 4 nitrogen and oxygen atoms in total. The Morgan fingerprint density at radius 3 is 1.10 bits per heavy atom. The first-order valence-electron chi connectivity index (χ1n) is 7.74. The van der Waals surface area contributed by atoms with Crippen molar-refractivity contribution in [3.05, 3.63) is 0 Å². The molecule has 0 saturated carbocycles. The van der Waals surface area contributed by atoms with Gasteiger partial charge in [0.1, 0.15) is 0 Å². The molecule has 0 aromatic rings. The Bertz CT molecular complexity index is 264. The van der Waals surface area contributed by atoms with Crippen LogP contribution in [0.1, 0.15) is 48.5 Å². The van der Waals surface area contributed by atoms with E-state index in [-0.39, 0.29) is 35.3 Å². The lowest BCUT2D eigenvalue weighted by molar-refractivity contribution is 0.195. The Hall–Kier alpha value is -0.0301. The molecule has 0 radical (unpaired) electrons. The summed E-state index contributed by atoms with van der Waals surface area (Å²) in [6.45, 7) is 14.0. The maximum atomic E-state index is 9.74. The molecule has 0 spiro atoms. The van der Waals surface area contributed by atoms with Gasteiger partial charge < -0.3 is 20.1 Å². The van der Waals surface area contributed by atoms with Crippen molar-refractivity contribution in [3.8, 4) is 0 Å². The highest BCUT2D eigenvalue weighted by Gasteiger charge is 2.42. The number of hydrogen-bond donors (Lipinski definition) is 4. The Kier molecular flexibility index (Phi) is 8.41. The fourth-order valence-corrected chi connectivity index (χ4v) is 3.39. The van der Waals surface area contributed by atoms with Crippen LogP contribution in [0, 0.1) is 29.6 Å². The van der Waals surface area contributed by atoms with E-state index < -0.39 is 14.2 Å². The number of rotatable bonds is 8. The van der Waals surface area contributed by atoms with Gasteiger partial charge in [-0.3, -0.25) is 0 Å². The summed E-state index contributed by atoms with van der Waals surface area (Å²) in [7, 11) is -2.76. The van der Waals surface area contributed by atoms with Gasteiger partial charge in [0, 0.05) is 0 Å². The van der Waals surface area contributed by atoms with Gasteiger partial charge in [-0.05, 0) is 41.2 Å². The van der Waals surface area contributed by atoms with Gasteiger partial charge in [-0.25, -0.2) is 0 Å². The van der Waals surface area contributed by atoms with Crippen LogP contribution in [0.4, 0.5) is 0 Å². The SMILES string of the molecule is CC(C)C(C)C(B(O)O)C(C)C(C)C(B(O)O)C(C)C. The van der Waals surface area contributed by atoms with Gasteiger partial charge in [0.05, 0.1) is 0 Å². The summed E-state index contributed by atoms with van der Waals surface area (Å²) in [5.41, 5.74) is 0. The summed E-state index contributed by atoms with van der Waals surface area (Å²) in [6.07, 6.45) is 0. The van der Waals surface area contributed by atoms with Crippen LogP contribution in [0.5, 0.6) is 0 Å². The summed E-state index contributed by atoms with van der Waals surface area (Å²) in [5, 5.41) is 38.7. The van der Waals surface area contributed by atoms with Gasteiger partial charge >= 0.3 is 14.2 Å². The second-order valence-electron chi connectivity index (χ2n) is 7.05. The molecule has 0 bridgehead atoms. The molecule has 0 aromatic heterocycles. The third-order valence-corrected chi connectivity index (χ3v) is 5.16. The minimum absolute atomic E-state index is 0.0111. The van der Waals surface area contributed by atoms with Crippen molar-refractivity contribution in [3.63, 3.8) is 0 Å². The molecule has 6 heteroatoms. The summed E-state index contributed by atoms with van der Waals surface area (Å²) in [5.74, 6) is 0.0441. The third-order valence-electron chi connectivity index (χ3n) is 5.16. The van der Waals surface area contributed by atoms with E-state index in [1.165, 1.54) is 0 Å². The largest absolute Gasteiger partial charge is 0.455 e. The lowest BCUT2D eigenvalue weighted by atomic mass is 9.50. The van der Waals surface area contributed by atoms with E-state index in [0.29, 0.717) is 5.92 Å². The molecule has 0 rings (SSSR count). The van der Waals surface area contributed by atoms with Crippen molar-refractivity contribution in [2.75, 3.05) is 0 Å². The monoisotopic (exact) mass is 286 g/mol. The first kappa shape index (κ1) is 20.0. The maximum Gasteiger partial charge on any atom is 0.455 e. The van der Waals surface area contributed by atoms with Crippen molar-refractivity contribution in [1.82, 2.24) is 0 Å². The number of hydrogen-bond acceptors (Lipinski definition) is 4. The molecule has 0 aliphatic rings. The average molecular weight is 286 g/mol. The van der Waals surface area contributed by atoms with E-state index in [9.17, 15) is 20.1 Å². The van der Waals surface area contributed by atoms with E-state index in [1.54, 1.807) is 0 Å². The normalized spacial score (nSPS) is 19.6. The zero-order valence-electron chi connectivity index (χ0n) is 14.0.